The lowest BCUT2D eigenvalue weighted by Gasteiger charge is -2.22. The lowest BCUT2D eigenvalue weighted by molar-refractivity contribution is -0.143. The molecule has 0 spiro atoms. The van der Waals surface area contributed by atoms with E-state index in [-0.39, 0.29) is 18.4 Å². The summed E-state index contributed by atoms with van der Waals surface area (Å²) in [5, 5.41) is 25.7. The summed E-state index contributed by atoms with van der Waals surface area (Å²) in [6, 6.07) is 4.48. The van der Waals surface area contributed by atoms with E-state index in [1.54, 1.807) is 32.9 Å². The van der Waals surface area contributed by atoms with Gasteiger partial charge >= 0.3 is 25.2 Å². The van der Waals surface area contributed by atoms with E-state index < -0.39 is 36.9 Å². The minimum absolute atomic E-state index is 0.0592. The fourth-order valence-corrected chi connectivity index (χ4v) is 2.12. The van der Waals surface area contributed by atoms with Crippen molar-refractivity contribution in [3.63, 3.8) is 0 Å². The molecule has 1 aromatic rings. The van der Waals surface area contributed by atoms with E-state index >= 15 is 0 Å². The van der Waals surface area contributed by atoms with Crippen molar-refractivity contribution in [2.75, 3.05) is 19.0 Å². The molecule has 5 N–H and O–H groups in total. The van der Waals surface area contributed by atoms with Crippen molar-refractivity contribution in [1.29, 1.82) is 0 Å². The fourth-order valence-electron chi connectivity index (χ4n) is 2.12. The van der Waals surface area contributed by atoms with Gasteiger partial charge in [-0.2, -0.15) is 0 Å². The first-order valence-electron chi connectivity index (χ1n) is 8.60. The summed E-state index contributed by atoms with van der Waals surface area (Å²) in [5.41, 5.74) is -0.135. The van der Waals surface area contributed by atoms with E-state index in [4.69, 9.17) is 14.8 Å². The second kappa shape index (κ2) is 10.5. The molecule has 0 aliphatic heterocycles. The average molecular weight is 395 g/mol. The number of urea groups is 1. The molecule has 0 unspecified atom stereocenters. The summed E-state index contributed by atoms with van der Waals surface area (Å²) in [7, 11) is -0.459. The molecule has 1 aromatic carbocycles. The SMILES string of the molecule is COC(=O)[C@H](CCNC(=O)Nc1cccc(B(O)O)c1)NC(=O)OC(C)(C)C. The summed E-state index contributed by atoms with van der Waals surface area (Å²) >= 11 is 0. The zero-order valence-electron chi connectivity index (χ0n) is 16.3. The van der Waals surface area contributed by atoms with Gasteiger partial charge < -0.3 is 35.5 Å². The van der Waals surface area contributed by atoms with Crippen LogP contribution < -0.4 is 21.4 Å². The molecule has 28 heavy (non-hydrogen) atoms. The zero-order chi connectivity index (χ0) is 21.3. The van der Waals surface area contributed by atoms with Crippen LogP contribution in [0.25, 0.3) is 0 Å². The van der Waals surface area contributed by atoms with Crippen LogP contribution in [-0.2, 0) is 14.3 Å². The normalized spacial score (nSPS) is 11.8. The summed E-state index contributed by atoms with van der Waals surface area (Å²) in [4.78, 5) is 35.6. The van der Waals surface area contributed by atoms with E-state index in [9.17, 15) is 14.4 Å². The highest BCUT2D eigenvalue weighted by molar-refractivity contribution is 6.58. The Morgan fingerprint density at radius 3 is 2.46 bits per heavy atom. The van der Waals surface area contributed by atoms with Crippen molar-refractivity contribution in [1.82, 2.24) is 10.6 Å². The standard InChI is InChI=1S/C17H26BN3O7/c1-17(2,3)28-16(24)21-13(14(22)27-4)8-9-19-15(23)20-12-7-5-6-11(10-12)18(25)26/h5-7,10,13,25-26H,8-9H2,1-4H3,(H,21,24)(H2,19,20,23)/t13-/m0/s1. The molecule has 0 aliphatic rings. The lowest BCUT2D eigenvalue weighted by atomic mass is 9.80. The molecule has 10 nitrogen and oxygen atoms in total. The van der Waals surface area contributed by atoms with Crippen molar-refractivity contribution in [2.24, 2.45) is 0 Å². The van der Waals surface area contributed by atoms with Crippen LogP contribution >= 0.6 is 0 Å². The highest BCUT2D eigenvalue weighted by Gasteiger charge is 2.25. The van der Waals surface area contributed by atoms with Gasteiger partial charge in [-0.3, -0.25) is 0 Å². The minimum atomic E-state index is -1.65. The Labute approximate surface area is 163 Å². The number of alkyl carbamates (subject to hydrolysis) is 1. The van der Waals surface area contributed by atoms with E-state index in [0.29, 0.717) is 5.69 Å². The molecule has 0 aromatic heterocycles. The van der Waals surface area contributed by atoms with E-state index in [0.717, 1.165) is 0 Å². The van der Waals surface area contributed by atoms with Crippen molar-refractivity contribution in [3.05, 3.63) is 24.3 Å². The fraction of sp³-hybridized carbons (Fsp3) is 0.471. The topological polar surface area (TPSA) is 146 Å². The number of nitrogens with one attached hydrogen (secondary N) is 3. The van der Waals surface area contributed by atoms with Crippen LogP contribution in [0.5, 0.6) is 0 Å². The molecule has 1 atom stereocenters. The van der Waals surface area contributed by atoms with Gasteiger partial charge in [0.25, 0.3) is 0 Å². The quantitative estimate of drug-likeness (QED) is 0.321. The minimum Gasteiger partial charge on any atom is -0.467 e. The Kier molecular flexibility index (Phi) is 8.74. The monoisotopic (exact) mass is 395 g/mol. The van der Waals surface area contributed by atoms with Crippen LogP contribution in [0, 0.1) is 0 Å². The van der Waals surface area contributed by atoms with E-state index in [1.165, 1.54) is 19.2 Å². The van der Waals surface area contributed by atoms with E-state index in [1.807, 2.05) is 0 Å². The summed E-state index contributed by atoms with van der Waals surface area (Å²) < 4.78 is 9.75. The number of carbonyl (C=O) groups excluding carboxylic acids is 3. The van der Waals surface area contributed by atoms with Crippen molar-refractivity contribution < 1.29 is 33.9 Å². The molecule has 0 aliphatic carbocycles. The zero-order valence-corrected chi connectivity index (χ0v) is 16.3. The van der Waals surface area contributed by atoms with Crippen LogP contribution in [-0.4, -0.2) is 60.6 Å². The number of amides is 3. The number of rotatable bonds is 7. The first-order valence-corrected chi connectivity index (χ1v) is 8.60. The Hall–Kier alpha value is -2.79. The second-order valence-electron chi connectivity index (χ2n) is 6.89. The van der Waals surface area contributed by atoms with Gasteiger partial charge in [0, 0.05) is 12.2 Å². The molecule has 0 saturated carbocycles. The number of hydrogen-bond acceptors (Lipinski definition) is 7. The number of carbonyl (C=O) groups is 3. The highest BCUT2D eigenvalue weighted by Crippen LogP contribution is 2.08. The lowest BCUT2D eigenvalue weighted by Crippen LogP contribution is -2.46. The maximum atomic E-state index is 11.9. The molecule has 11 heteroatoms. The Bertz CT molecular complexity index is 692. The molecular formula is C17H26BN3O7. The van der Waals surface area contributed by atoms with Gasteiger partial charge in [0.1, 0.15) is 11.6 Å². The van der Waals surface area contributed by atoms with Gasteiger partial charge in [-0.15, -0.1) is 0 Å². The third-order valence-corrected chi connectivity index (χ3v) is 3.34. The molecule has 0 fully saturated rings. The molecule has 3 amide bonds. The van der Waals surface area contributed by atoms with Crippen LogP contribution in [0.4, 0.5) is 15.3 Å². The van der Waals surface area contributed by atoms with Crippen LogP contribution in [0.2, 0.25) is 0 Å². The maximum Gasteiger partial charge on any atom is 0.488 e. The van der Waals surface area contributed by atoms with Crippen molar-refractivity contribution >= 4 is 36.4 Å². The molecule has 154 valence electrons. The largest absolute Gasteiger partial charge is 0.488 e. The number of hydrogen-bond donors (Lipinski definition) is 5. The van der Waals surface area contributed by atoms with Gasteiger partial charge in [-0.05, 0) is 44.8 Å². The van der Waals surface area contributed by atoms with Gasteiger partial charge in [-0.1, -0.05) is 12.1 Å². The Morgan fingerprint density at radius 2 is 1.89 bits per heavy atom. The van der Waals surface area contributed by atoms with Gasteiger partial charge in [0.05, 0.1) is 7.11 Å². The van der Waals surface area contributed by atoms with Crippen LogP contribution in [0.3, 0.4) is 0 Å². The number of methoxy groups -OCH3 is 1. The predicted octanol–water partition coefficient (Wildman–Crippen LogP) is -0.0557. The molecular weight excluding hydrogens is 369 g/mol. The summed E-state index contributed by atoms with van der Waals surface area (Å²) in [6.45, 7) is 5.13. The van der Waals surface area contributed by atoms with Gasteiger partial charge in [0.2, 0.25) is 0 Å². The first-order chi connectivity index (χ1) is 13.0. The Morgan fingerprint density at radius 1 is 1.21 bits per heavy atom. The number of esters is 1. The second-order valence-corrected chi connectivity index (χ2v) is 6.89. The van der Waals surface area contributed by atoms with Crippen molar-refractivity contribution in [3.8, 4) is 0 Å². The number of anilines is 1. The third-order valence-electron chi connectivity index (χ3n) is 3.34. The molecule has 0 bridgehead atoms. The number of benzene rings is 1. The first kappa shape index (κ1) is 23.3. The molecule has 0 heterocycles. The average Bonchev–Trinajstić information content (AvgIpc) is 2.58. The van der Waals surface area contributed by atoms with Crippen molar-refractivity contribution in [2.45, 2.75) is 38.8 Å². The maximum absolute atomic E-state index is 11.9. The van der Waals surface area contributed by atoms with E-state index in [2.05, 4.69) is 20.7 Å². The van der Waals surface area contributed by atoms with Crippen LogP contribution in [0.15, 0.2) is 24.3 Å². The predicted molar refractivity (Wildman–Crippen MR) is 103 cm³/mol. The number of ether oxygens (including phenoxy) is 2. The van der Waals surface area contributed by atoms with Crippen LogP contribution in [0.1, 0.15) is 27.2 Å². The molecule has 0 saturated heterocycles. The molecule has 0 radical (unpaired) electrons. The molecule has 1 rings (SSSR count). The van der Waals surface area contributed by atoms with Gasteiger partial charge in [0.15, 0.2) is 0 Å². The highest BCUT2D eigenvalue weighted by atomic mass is 16.6. The smallest absolute Gasteiger partial charge is 0.467 e. The summed E-state index contributed by atoms with van der Waals surface area (Å²) in [6.07, 6.45) is -0.693. The Balaban J connectivity index is 2.54. The third kappa shape index (κ3) is 8.74. The summed E-state index contributed by atoms with van der Waals surface area (Å²) in [5.74, 6) is -0.669. The van der Waals surface area contributed by atoms with Gasteiger partial charge in [-0.25, -0.2) is 14.4 Å².